The van der Waals surface area contributed by atoms with Gasteiger partial charge in [-0.1, -0.05) is 36.4 Å². The molecule has 0 N–H and O–H groups in total. The molecule has 1 aliphatic rings. The molecule has 4 rings (SSSR count). The predicted molar refractivity (Wildman–Crippen MR) is 112 cm³/mol. The summed E-state index contributed by atoms with van der Waals surface area (Å²) in [6.07, 6.45) is 1.62. The molecule has 0 amide bonds. The molecule has 5 heteroatoms. The Balaban J connectivity index is 1.57. The SMILES string of the molecule is CC(=COc1ccc2c(c1)OCCO2)/C(=N\c1ccccc1)Oc1ccccc1. The fourth-order valence-corrected chi connectivity index (χ4v) is 2.72. The van der Waals surface area contributed by atoms with E-state index in [4.69, 9.17) is 18.9 Å². The van der Waals surface area contributed by atoms with Gasteiger partial charge in [-0.05, 0) is 43.3 Å². The van der Waals surface area contributed by atoms with Gasteiger partial charge in [-0.15, -0.1) is 0 Å². The lowest BCUT2D eigenvalue weighted by atomic mass is 10.3. The molecule has 0 radical (unpaired) electrons. The van der Waals surface area contributed by atoms with E-state index in [2.05, 4.69) is 4.99 Å². The van der Waals surface area contributed by atoms with Crippen LogP contribution >= 0.6 is 0 Å². The molecule has 29 heavy (non-hydrogen) atoms. The van der Waals surface area contributed by atoms with E-state index < -0.39 is 0 Å². The first-order valence-corrected chi connectivity index (χ1v) is 9.38. The molecular formula is C24H21NO4. The summed E-state index contributed by atoms with van der Waals surface area (Å²) in [5.41, 5.74) is 1.54. The number of nitrogens with zero attached hydrogens (tertiary/aromatic N) is 1. The second-order valence-electron chi connectivity index (χ2n) is 6.39. The van der Waals surface area contributed by atoms with Crippen LogP contribution in [-0.4, -0.2) is 19.1 Å². The van der Waals surface area contributed by atoms with Crippen LogP contribution in [0.4, 0.5) is 5.69 Å². The van der Waals surface area contributed by atoms with E-state index in [9.17, 15) is 0 Å². The fraction of sp³-hybridized carbons (Fsp3) is 0.125. The van der Waals surface area contributed by atoms with Gasteiger partial charge in [0, 0.05) is 11.6 Å². The number of benzene rings is 3. The average molecular weight is 387 g/mol. The van der Waals surface area contributed by atoms with Crippen LogP contribution in [0.1, 0.15) is 6.92 Å². The first-order valence-electron chi connectivity index (χ1n) is 9.38. The highest BCUT2D eigenvalue weighted by atomic mass is 16.6. The highest BCUT2D eigenvalue weighted by Gasteiger charge is 2.12. The molecule has 0 bridgehead atoms. The Hall–Kier alpha value is -3.73. The van der Waals surface area contributed by atoms with E-state index in [1.54, 1.807) is 6.26 Å². The lowest BCUT2D eigenvalue weighted by molar-refractivity contribution is 0.171. The highest BCUT2D eigenvalue weighted by Crippen LogP contribution is 2.33. The van der Waals surface area contributed by atoms with Gasteiger partial charge < -0.3 is 18.9 Å². The number of hydrogen-bond acceptors (Lipinski definition) is 5. The summed E-state index contributed by atoms with van der Waals surface area (Å²) in [5, 5.41) is 0. The zero-order chi connectivity index (χ0) is 19.9. The van der Waals surface area contributed by atoms with Gasteiger partial charge in [0.2, 0.25) is 5.90 Å². The number of para-hydroxylation sites is 2. The summed E-state index contributed by atoms with van der Waals surface area (Å²) in [7, 11) is 0. The third-order valence-corrected chi connectivity index (χ3v) is 4.17. The van der Waals surface area contributed by atoms with Crippen LogP contribution in [-0.2, 0) is 0 Å². The Morgan fingerprint density at radius 1 is 0.828 bits per heavy atom. The molecule has 0 aromatic heterocycles. The van der Waals surface area contributed by atoms with E-state index in [0.717, 1.165) is 17.0 Å². The molecule has 0 saturated carbocycles. The molecular weight excluding hydrogens is 366 g/mol. The lowest BCUT2D eigenvalue weighted by Gasteiger charge is -2.18. The first kappa shape index (κ1) is 18.6. The van der Waals surface area contributed by atoms with E-state index >= 15 is 0 Å². The Kier molecular flexibility index (Phi) is 5.76. The van der Waals surface area contributed by atoms with Crippen molar-refractivity contribution < 1.29 is 18.9 Å². The van der Waals surface area contributed by atoms with Crippen molar-refractivity contribution in [2.45, 2.75) is 6.92 Å². The van der Waals surface area contributed by atoms with Crippen LogP contribution in [0.15, 0.2) is 95.7 Å². The summed E-state index contributed by atoms with van der Waals surface area (Å²) in [5.74, 6) is 3.21. The van der Waals surface area contributed by atoms with Gasteiger partial charge in [0.25, 0.3) is 0 Å². The monoisotopic (exact) mass is 387 g/mol. The fourth-order valence-electron chi connectivity index (χ4n) is 2.72. The molecule has 0 atom stereocenters. The van der Waals surface area contributed by atoms with E-state index in [-0.39, 0.29) is 0 Å². The molecule has 0 saturated heterocycles. The van der Waals surface area contributed by atoms with Crippen molar-refractivity contribution in [3.63, 3.8) is 0 Å². The van der Waals surface area contributed by atoms with Gasteiger partial charge in [-0.2, -0.15) is 0 Å². The Morgan fingerprint density at radius 3 is 2.28 bits per heavy atom. The zero-order valence-corrected chi connectivity index (χ0v) is 16.1. The minimum atomic E-state index is 0.458. The molecule has 1 heterocycles. The van der Waals surface area contributed by atoms with Gasteiger partial charge >= 0.3 is 0 Å². The van der Waals surface area contributed by atoms with Crippen molar-refractivity contribution >= 4 is 11.6 Å². The van der Waals surface area contributed by atoms with Crippen molar-refractivity contribution in [3.8, 4) is 23.0 Å². The van der Waals surface area contributed by atoms with Crippen molar-refractivity contribution in [1.29, 1.82) is 0 Å². The number of aliphatic imine (C=N–C) groups is 1. The average Bonchev–Trinajstić information content (AvgIpc) is 2.78. The van der Waals surface area contributed by atoms with Gasteiger partial charge in [-0.25, -0.2) is 4.99 Å². The Labute approximate surface area is 169 Å². The molecule has 1 aliphatic heterocycles. The maximum absolute atomic E-state index is 6.02. The number of hydrogen-bond donors (Lipinski definition) is 0. The summed E-state index contributed by atoms with van der Waals surface area (Å²) in [6, 6.07) is 24.7. The van der Waals surface area contributed by atoms with E-state index in [1.807, 2.05) is 85.8 Å². The van der Waals surface area contributed by atoms with Crippen molar-refractivity contribution in [1.82, 2.24) is 0 Å². The third-order valence-electron chi connectivity index (χ3n) is 4.17. The topological polar surface area (TPSA) is 49.3 Å². The van der Waals surface area contributed by atoms with Crippen LogP contribution in [0.3, 0.4) is 0 Å². The van der Waals surface area contributed by atoms with Crippen LogP contribution in [0.2, 0.25) is 0 Å². The standard InChI is InChI=1S/C24H21NO4/c1-18(17-28-21-12-13-22-23(16-21)27-15-14-26-22)24(25-19-8-4-2-5-9-19)29-20-10-6-3-7-11-20/h2-13,16-17H,14-15H2,1H3/b18-17?,25-24+. The first-order chi connectivity index (χ1) is 14.3. The molecule has 3 aromatic carbocycles. The van der Waals surface area contributed by atoms with Crippen LogP contribution in [0, 0.1) is 0 Å². The number of rotatable bonds is 5. The van der Waals surface area contributed by atoms with Gasteiger partial charge in [-0.3, -0.25) is 0 Å². The van der Waals surface area contributed by atoms with Gasteiger partial charge in [0.1, 0.15) is 24.7 Å². The zero-order valence-electron chi connectivity index (χ0n) is 16.1. The smallest absolute Gasteiger partial charge is 0.225 e. The van der Waals surface area contributed by atoms with Crippen LogP contribution < -0.4 is 18.9 Å². The predicted octanol–water partition coefficient (Wildman–Crippen LogP) is 5.55. The third kappa shape index (κ3) is 4.96. The molecule has 0 fully saturated rings. The molecule has 0 aliphatic carbocycles. The van der Waals surface area contributed by atoms with E-state index in [0.29, 0.717) is 36.4 Å². The normalized spacial score (nSPS) is 13.7. The Bertz CT molecular complexity index is 1010. The Morgan fingerprint density at radius 2 is 1.52 bits per heavy atom. The molecule has 0 spiro atoms. The van der Waals surface area contributed by atoms with Crippen molar-refractivity contribution in [3.05, 3.63) is 90.7 Å². The lowest BCUT2D eigenvalue weighted by Crippen LogP contribution is -2.15. The number of fused-ring (bicyclic) bond motifs is 1. The van der Waals surface area contributed by atoms with Crippen molar-refractivity contribution in [2.24, 2.45) is 4.99 Å². The van der Waals surface area contributed by atoms with Crippen molar-refractivity contribution in [2.75, 3.05) is 13.2 Å². The minimum Gasteiger partial charge on any atom is -0.486 e. The summed E-state index contributed by atoms with van der Waals surface area (Å²) < 4.78 is 23.0. The second kappa shape index (κ2) is 8.97. The highest BCUT2D eigenvalue weighted by molar-refractivity contribution is 5.96. The van der Waals surface area contributed by atoms with E-state index in [1.165, 1.54) is 0 Å². The summed E-state index contributed by atoms with van der Waals surface area (Å²) in [4.78, 5) is 4.64. The minimum absolute atomic E-state index is 0.458. The van der Waals surface area contributed by atoms with Crippen LogP contribution in [0.25, 0.3) is 0 Å². The maximum atomic E-state index is 6.02. The molecule has 0 unspecified atom stereocenters. The van der Waals surface area contributed by atoms with Gasteiger partial charge in [0.15, 0.2) is 11.5 Å². The summed E-state index contributed by atoms with van der Waals surface area (Å²) in [6.45, 7) is 2.98. The quantitative estimate of drug-likeness (QED) is 0.327. The second-order valence-corrected chi connectivity index (χ2v) is 6.39. The molecule has 146 valence electrons. The maximum Gasteiger partial charge on any atom is 0.225 e. The van der Waals surface area contributed by atoms with Crippen LogP contribution in [0.5, 0.6) is 23.0 Å². The number of ether oxygens (including phenoxy) is 4. The molecule has 5 nitrogen and oxygen atoms in total. The van der Waals surface area contributed by atoms with Gasteiger partial charge in [0.05, 0.1) is 11.9 Å². The summed E-state index contributed by atoms with van der Waals surface area (Å²) >= 11 is 0. The largest absolute Gasteiger partial charge is 0.486 e. The molecule has 3 aromatic rings.